The van der Waals surface area contributed by atoms with Crippen LogP contribution in [0.4, 0.5) is 0 Å². The molecule has 0 aromatic heterocycles. The molecule has 0 spiro atoms. The Balaban J connectivity index is 2.35. The van der Waals surface area contributed by atoms with Gasteiger partial charge in [0.05, 0.1) is 0 Å². The summed E-state index contributed by atoms with van der Waals surface area (Å²) in [6, 6.07) is 8.15. The fourth-order valence-corrected chi connectivity index (χ4v) is 2.25. The predicted molar refractivity (Wildman–Crippen MR) is 63.6 cm³/mol. The molecule has 0 bridgehead atoms. The standard InChI is InChI=1S/C12H12BrNO/c1-7-11(8(2)14-12(7)15)9-3-5-10(13)6-4-9/h3-6,8,11H,1H2,2H3,(H,14,15)/t8-,11+/m1/s1. The summed E-state index contributed by atoms with van der Waals surface area (Å²) < 4.78 is 1.04. The Morgan fingerprint density at radius 2 is 1.93 bits per heavy atom. The minimum Gasteiger partial charge on any atom is -0.349 e. The Labute approximate surface area is 97.5 Å². The highest BCUT2D eigenvalue weighted by molar-refractivity contribution is 9.10. The van der Waals surface area contributed by atoms with Crippen LogP contribution in [0.25, 0.3) is 0 Å². The van der Waals surface area contributed by atoms with Crippen molar-refractivity contribution in [1.82, 2.24) is 5.32 Å². The lowest BCUT2D eigenvalue weighted by molar-refractivity contribution is -0.116. The zero-order chi connectivity index (χ0) is 11.0. The fourth-order valence-electron chi connectivity index (χ4n) is 1.99. The van der Waals surface area contributed by atoms with Gasteiger partial charge in [-0.25, -0.2) is 0 Å². The van der Waals surface area contributed by atoms with Crippen LogP contribution in [0, 0.1) is 0 Å². The first-order chi connectivity index (χ1) is 7.09. The van der Waals surface area contributed by atoms with E-state index in [-0.39, 0.29) is 17.9 Å². The summed E-state index contributed by atoms with van der Waals surface area (Å²) in [5.74, 6) is 0.0704. The van der Waals surface area contributed by atoms with E-state index in [1.807, 2.05) is 31.2 Å². The number of amides is 1. The Kier molecular flexibility index (Phi) is 2.65. The van der Waals surface area contributed by atoms with E-state index in [1.54, 1.807) is 0 Å². The number of nitrogens with one attached hydrogen (secondary N) is 1. The van der Waals surface area contributed by atoms with Gasteiger partial charge in [-0.05, 0) is 24.6 Å². The van der Waals surface area contributed by atoms with Gasteiger partial charge in [-0.3, -0.25) is 4.79 Å². The minimum atomic E-state index is -0.0320. The van der Waals surface area contributed by atoms with Gasteiger partial charge in [0.25, 0.3) is 0 Å². The molecule has 1 aliphatic heterocycles. The van der Waals surface area contributed by atoms with Gasteiger partial charge in [0.1, 0.15) is 0 Å². The molecular weight excluding hydrogens is 254 g/mol. The average molecular weight is 266 g/mol. The van der Waals surface area contributed by atoms with Crippen LogP contribution in [0.5, 0.6) is 0 Å². The molecule has 0 saturated carbocycles. The molecule has 2 nitrogen and oxygen atoms in total. The quantitative estimate of drug-likeness (QED) is 0.778. The maximum absolute atomic E-state index is 11.4. The number of benzene rings is 1. The molecule has 2 rings (SSSR count). The smallest absolute Gasteiger partial charge is 0.247 e. The van der Waals surface area contributed by atoms with E-state index in [0.29, 0.717) is 5.57 Å². The van der Waals surface area contributed by atoms with Crippen LogP contribution in [-0.4, -0.2) is 11.9 Å². The van der Waals surface area contributed by atoms with Crippen molar-refractivity contribution >= 4 is 21.8 Å². The minimum absolute atomic E-state index is 0.0320. The van der Waals surface area contributed by atoms with Gasteiger partial charge in [0.15, 0.2) is 0 Å². The summed E-state index contributed by atoms with van der Waals surface area (Å²) >= 11 is 3.39. The molecule has 1 heterocycles. The Morgan fingerprint density at radius 3 is 2.40 bits per heavy atom. The Morgan fingerprint density at radius 1 is 1.33 bits per heavy atom. The maximum Gasteiger partial charge on any atom is 0.247 e. The summed E-state index contributed by atoms with van der Waals surface area (Å²) in [7, 11) is 0. The number of rotatable bonds is 1. The number of hydrogen-bond acceptors (Lipinski definition) is 1. The van der Waals surface area contributed by atoms with E-state index in [0.717, 1.165) is 10.0 Å². The third-order valence-corrected chi connectivity index (χ3v) is 3.28. The Hall–Kier alpha value is -1.09. The molecule has 0 radical (unpaired) electrons. The van der Waals surface area contributed by atoms with Crippen molar-refractivity contribution in [3.63, 3.8) is 0 Å². The van der Waals surface area contributed by atoms with Crippen molar-refractivity contribution in [1.29, 1.82) is 0 Å². The molecule has 1 aromatic rings. The molecule has 0 unspecified atom stereocenters. The SMILES string of the molecule is C=C1C(=O)N[C@H](C)[C@H]1c1ccc(Br)cc1. The first-order valence-corrected chi connectivity index (χ1v) is 5.64. The van der Waals surface area contributed by atoms with Crippen LogP contribution in [0.2, 0.25) is 0 Å². The molecule has 1 aliphatic rings. The molecule has 2 atom stereocenters. The second-order valence-electron chi connectivity index (χ2n) is 3.82. The lowest BCUT2D eigenvalue weighted by Gasteiger charge is -2.15. The first kappa shape index (κ1) is 10.4. The van der Waals surface area contributed by atoms with Gasteiger partial charge in [0.2, 0.25) is 5.91 Å². The Bertz CT molecular complexity index is 410. The lowest BCUT2D eigenvalue weighted by Crippen LogP contribution is -2.24. The highest BCUT2D eigenvalue weighted by Gasteiger charge is 2.33. The van der Waals surface area contributed by atoms with Gasteiger partial charge >= 0.3 is 0 Å². The van der Waals surface area contributed by atoms with Crippen molar-refractivity contribution in [3.05, 3.63) is 46.5 Å². The van der Waals surface area contributed by atoms with Crippen LogP contribution >= 0.6 is 15.9 Å². The highest BCUT2D eigenvalue weighted by Crippen LogP contribution is 2.32. The van der Waals surface area contributed by atoms with Crippen LogP contribution < -0.4 is 5.32 Å². The first-order valence-electron chi connectivity index (χ1n) is 4.84. The molecule has 1 aromatic carbocycles. The van der Waals surface area contributed by atoms with Crippen LogP contribution in [0.1, 0.15) is 18.4 Å². The normalized spacial score (nSPS) is 25.5. The van der Waals surface area contributed by atoms with Crippen LogP contribution in [0.15, 0.2) is 40.9 Å². The second kappa shape index (κ2) is 3.81. The highest BCUT2D eigenvalue weighted by atomic mass is 79.9. The van der Waals surface area contributed by atoms with Crippen molar-refractivity contribution < 1.29 is 4.79 Å². The third-order valence-electron chi connectivity index (χ3n) is 2.75. The molecule has 1 amide bonds. The molecule has 1 N–H and O–H groups in total. The molecule has 3 heteroatoms. The van der Waals surface area contributed by atoms with Crippen molar-refractivity contribution in [2.24, 2.45) is 0 Å². The van der Waals surface area contributed by atoms with Crippen LogP contribution in [-0.2, 0) is 4.79 Å². The van der Waals surface area contributed by atoms with Gasteiger partial charge in [-0.2, -0.15) is 0 Å². The zero-order valence-electron chi connectivity index (χ0n) is 8.46. The van der Waals surface area contributed by atoms with E-state index in [4.69, 9.17) is 0 Å². The zero-order valence-corrected chi connectivity index (χ0v) is 10.0. The van der Waals surface area contributed by atoms with E-state index < -0.39 is 0 Å². The van der Waals surface area contributed by atoms with Crippen molar-refractivity contribution in [3.8, 4) is 0 Å². The summed E-state index contributed by atoms with van der Waals surface area (Å²) in [5.41, 5.74) is 1.79. The number of carbonyl (C=O) groups excluding carboxylic acids is 1. The summed E-state index contributed by atoms with van der Waals surface area (Å²) in [4.78, 5) is 11.4. The number of hydrogen-bond donors (Lipinski definition) is 1. The van der Waals surface area contributed by atoms with Gasteiger partial charge in [-0.15, -0.1) is 0 Å². The summed E-state index contributed by atoms with van der Waals surface area (Å²) in [6.07, 6.45) is 0. The molecule has 1 saturated heterocycles. The predicted octanol–water partition coefficient (Wildman–Crippen LogP) is 2.61. The van der Waals surface area contributed by atoms with Gasteiger partial charge < -0.3 is 5.32 Å². The van der Waals surface area contributed by atoms with Crippen molar-refractivity contribution in [2.75, 3.05) is 0 Å². The molecular formula is C12H12BrNO. The maximum atomic E-state index is 11.4. The number of carbonyl (C=O) groups is 1. The van der Waals surface area contributed by atoms with E-state index in [9.17, 15) is 4.79 Å². The summed E-state index contributed by atoms with van der Waals surface area (Å²) in [5, 5.41) is 2.88. The monoisotopic (exact) mass is 265 g/mol. The van der Waals surface area contributed by atoms with E-state index in [1.165, 1.54) is 0 Å². The third kappa shape index (κ3) is 1.84. The number of halogens is 1. The molecule has 0 aliphatic carbocycles. The van der Waals surface area contributed by atoms with E-state index >= 15 is 0 Å². The van der Waals surface area contributed by atoms with E-state index in [2.05, 4.69) is 27.8 Å². The summed E-state index contributed by atoms with van der Waals surface area (Å²) in [6.45, 7) is 5.84. The molecule has 15 heavy (non-hydrogen) atoms. The van der Waals surface area contributed by atoms with Crippen LogP contribution in [0.3, 0.4) is 0 Å². The van der Waals surface area contributed by atoms with Crippen molar-refractivity contribution in [2.45, 2.75) is 18.9 Å². The fraction of sp³-hybridized carbons (Fsp3) is 0.250. The molecule has 1 fully saturated rings. The molecule has 78 valence electrons. The lowest BCUT2D eigenvalue weighted by atomic mass is 9.90. The average Bonchev–Trinajstić information content (AvgIpc) is 2.44. The topological polar surface area (TPSA) is 29.1 Å². The largest absolute Gasteiger partial charge is 0.349 e. The second-order valence-corrected chi connectivity index (χ2v) is 4.73. The van der Waals surface area contributed by atoms with Gasteiger partial charge in [0, 0.05) is 22.0 Å². The van der Waals surface area contributed by atoms with Gasteiger partial charge in [-0.1, -0.05) is 34.6 Å².